The van der Waals surface area contributed by atoms with Crippen LogP contribution < -0.4 is 21.9 Å². The Morgan fingerprint density at radius 1 is 1.25 bits per heavy atom. The van der Waals surface area contributed by atoms with Crippen LogP contribution in [0.15, 0.2) is 46.1 Å². The van der Waals surface area contributed by atoms with Gasteiger partial charge in [-0.2, -0.15) is 0 Å². The van der Waals surface area contributed by atoms with Crippen LogP contribution in [0.5, 0.6) is 0 Å². The van der Waals surface area contributed by atoms with E-state index in [9.17, 15) is 14.4 Å². The number of hydrogen-bond acceptors (Lipinski definition) is 4. The van der Waals surface area contributed by atoms with Gasteiger partial charge in [-0.05, 0) is 24.3 Å². The van der Waals surface area contributed by atoms with Gasteiger partial charge in [0.1, 0.15) is 6.54 Å². The normalized spacial score (nSPS) is 10.2. The summed E-state index contributed by atoms with van der Waals surface area (Å²) in [5, 5.41) is 0. The minimum absolute atomic E-state index is 0.156. The molecule has 20 heavy (non-hydrogen) atoms. The first-order valence-corrected chi connectivity index (χ1v) is 5.89. The maximum atomic E-state index is 12.1. The third kappa shape index (κ3) is 2.94. The first kappa shape index (κ1) is 13.6. The second-order valence-corrected chi connectivity index (χ2v) is 4.28. The maximum absolute atomic E-state index is 12.1. The summed E-state index contributed by atoms with van der Waals surface area (Å²) in [6, 6.07) is 7.99. The van der Waals surface area contributed by atoms with E-state index >= 15 is 0 Å². The molecular weight excluding hydrogens is 260 g/mol. The van der Waals surface area contributed by atoms with Crippen molar-refractivity contribution in [1.82, 2.24) is 9.55 Å². The minimum atomic E-state index is -0.614. The van der Waals surface area contributed by atoms with Gasteiger partial charge in [-0.3, -0.25) is 19.1 Å². The molecule has 0 saturated carbocycles. The Bertz CT molecular complexity index is 730. The molecule has 0 aliphatic rings. The van der Waals surface area contributed by atoms with Crippen LogP contribution in [0.25, 0.3) is 0 Å². The molecule has 1 amide bonds. The highest BCUT2D eigenvalue weighted by atomic mass is 16.2. The topological polar surface area (TPSA) is 101 Å². The van der Waals surface area contributed by atoms with E-state index in [0.29, 0.717) is 11.4 Å². The maximum Gasteiger partial charge on any atom is 0.328 e. The minimum Gasteiger partial charge on any atom is -0.399 e. The molecule has 7 heteroatoms. The second kappa shape index (κ2) is 5.43. The van der Waals surface area contributed by atoms with Crippen LogP contribution in [-0.4, -0.2) is 22.5 Å². The average Bonchev–Trinajstić information content (AvgIpc) is 2.42. The fourth-order valence-electron chi connectivity index (χ4n) is 1.66. The molecule has 0 atom stereocenters. The monoisotopic (exact) mass is 274 g/mol. The number of rotatable bonds is 3. The summed E-state index contributed by atoms with van der Waals surface area (Å²) in [7, 11) is 1.60. The van der Waals surface area contributed by atoms with Crippen LogP contribution >= 0.6 is 0 Å². The highest BCUT2D eigenvalue weighted by Crippen LogP contribution is 2.14. The lowest BCUT2D eigenvalue weighted by molar-refractivity contribution is -0.118. The van der Waals surface area contributed by atoms with E-state index in [1.807, 2.05) is 0 Å². The number of amides is 1. The van der Waals surface area contributed by atoms with E-state index in [0.717, 1.165) is 4.57 Å². The summed E-state index contributed by atoms with van der Waals surface area (Å²) >= 11 is 0. The number of carbonyl (C=O) groups excluding carboxylic acids is 1. The Morgan fingerprint density at radius 3 is 2.50 bits per heavy atom. The molecule has 7 nitrogen and oxygen atoms in total. The van der Waals surface area contributed by atoms with Gasteiger partial charge in [-0.25, -0.2) is 4.79 Å². The van der Waals surface area contributed by atoms with Crippen molar-refractivity contribution in [2.45, 2.75) is 6.54 Å². The quantitative estimate of drug-likeness (QED) is 0.755. The van der Waals surface area contributed by atoms with Gasteiger partial charge in [-0.15, -0.1) is 0 Å². The van der Waals surface area contributed by atoms with Gasteiger partial charge in [0, 0.05) is 30.7 Å². The summed E-state index contributed by atoms with van der Waals surface area (Å²) in [6.45, 7) is -0.156. The Morgan fingerprint density at radius 2 is 1.90 bits per heavy atom. The van der Waals surface area contributed by atoms with E-state index in [-0.39, 0.29) is 12.5 Å². The highest BCUT2D eigenvalue weighted by molar-refractivity contribution is 5.92. The number of H-pyrrole nitrogens is 1. The van der Waals surface area contributed by atoms with Crippen molar-refractivity contribution in [3.63, 3.8) is 0 Å². The molecule has 2 rings (SSSR count). The van der Waals surface area contributed by atoms with Crippen LogP contribution in [0.2, 0.25) is 0 Å². The van der Waals surface area contributed by atoms with Crippen molar-refractivity contribution in [1.29, 1.82) is 0 Å². The smallest absolute Gasteiger partial charge is 0.328 e. The Kier molecular flexibility index (Phi) is 3.69. The SMILES string of the molecule is CN(C(=O)Cn1ccc(=O)[nH]c1=O)c1ccc(N)cc1. The van der Waals surface area contributed by atoms with Crippen LogP contribution in [0.1, 0.15) is 0 Å². The Labute approximate surface area is 114 Å². The third-order valence-corrected chi connectivity index (χ3v) is 2.86. The number of nitrogens with one attached hydrogen (secondary N) is 1. The molecule has 1 aromatic heterocycles. The van der Waals surface area contributed by atoms with Gasteiger partial charge in [0.2, 0.25) is 5.91 Å². The Balaban J connectivity index is 2.17. The number of aromatic amines is 1. The predicted octanol–water partition coefficient (Wildman–Crippen LogP) is -0.218. The zero-order chi connectivity index (χ0) is 14.7. The molecule has 104 valence electrons. The molecule has 0 aliphatic carbocycles. The molecule has 0 unspecified atom stereocenters. The largest absolute Gasteiger partial charge is 0.399 e. The van der Waals surface area contributed by atoms with E-state index in [2.05, 4.69) is 4.98 Å². The first-order chi connectivity index (χ1) is 9.47. The third-order valence-electron chi connectivity index (χ3n) is 2.86. The van der Waals surface area contributed by atoms with Crippen molar-refractivity contribution in [2.24, 2.45) is 0 Å². The summed E-state index contributed by atoms with van der Waals surface area (Å²) in [5.74, 6) is -0.288. The molecule has 0 bridgehead atoms. The number of anilines is 2. The van der Waals surface area contributed by atoms with Gasteiger partial charge in [-0.1, -0.05) is 0 Å². The van der Waals surface area contributed by atoms with Gasteiger partial charge in [0.15, 0.2) is 0 Å². The summed E-state index contributed by atoms with van der Waals surface area (Å²) in [5.41, 5.74) is 5.74. The number of nitrogens with zero attached hydrogens (tertiary/aromatic N) is 2. The number of benzene rings is 1. The second-order valence-electron chi connectivity index (χ2n) is 4.28. The zero-order valence-electron chi connectivity index (χ0n) is 10.9. The number of carbonyl (C=O) groups is 1. The number of hydrogen-bond donors (Lipinski definition) is 2. The fourth-order valence-corrected chi connectivity index (χ4v) is 1.66. The number of aromatic nitrogens is 2. The van der Waals surface area contributed by atoms with Gasteiger partial charge in [0.25, 0.3) is 5.56 Å². The number of nitrogens with two attached hydrogens (primary N) is 1. The van der Waals surface area contributed by atoms with E-state index in [1.54, 1.807) is 31.3 Å². The van der Waals surface area contributed by atoms with Crippen molar-refractivity contribution in [3.8, 4) is 0 Å². The molecular formula is C13H14N4O3. The zero-order valence-corrected chi connectivity index (χ0v) is 10.9. The molecule has 3 N–H and O–H groups in total. The standard InChI is InChI=1S/C13H14N4O3/c1-16(10-4-2-9(14)3-5-10)12(19)8-17-7-6-11(18)15-13(17)20/h2-7H,8,14H2,1H3,(H,15,18,20). The predicted molar refractivity (Wildman–Crippen MR) is 75.6 cm³/mol. The lowest BCUT2D eigenvalue weighted by Crippen LogP contribution is -2.36. The van der Waals surface area contributed by atoms with Gasteiger partial charge >= 0.3 is 5.69 Å². The van der Waals surface area contributed by atoms with Crippen LogP contribution in [0.3, 0.4) is 0 Å². The van der Waals surface area contributed by atoms with Crippen molar-refractivity contribution < 1.29 is 4.79 Å². The molecule has 0 saturated heterocycles. The first-order valence-electron chi connectivity index (χ1n) is 5.89. The van der Waals surface area contributed by atoms with Crippen LogP contribution in [0.4, 0.5) is 11.4 Å². The van der Waals surface area contributed by atoms with Gasteiger partial charge < -0.3 is 10.6 Å². The lowest BCUT2D eigenvalue weighted by Gasteiger charge is -2.17. The molecule has 0 fully saturated rings. The molecule has 0 aliphatic heterocycles. The van der Waals surface area contributed by atoms with E-state index in [4.69, 9.17) is 5.73 Å². The molecule has 0 spiro atoms. The van der Waals surface area contributed by atoms with E-state index in [1.165, 1.54) is 17.2 Å². The van der Waals surface area contributed by atoms with Crippen molar-refractivity contribution in [2.75, 3.05) is 17.7 Å². The van der Waals surface area contributed by atoms with Crippen LogP contribution in [-0.2, 0) is 11.3 Å². The molecule has 1 aromatic carbocycles. The Hall–Kier alpha value is -2.83. The highest BCUT2D eigenvalue weighted by Gasteiger charge is 2.12. The molecule has 1 heterocycles. The molecule has 2 aromatic rings. The summed E-state index contributed by atoms with van der Waals surface area (Å²) in [6.07, 6.45) is 1.29. The number of likely N-dealkylation sites (N-methyl/N-ethyl adjacent to an activating group) is 1. The summed E-state index contributed by atoms with van der Waals surface area (Å²) < 4.78 is 1.14. The van der Waals surface area contributed by atoms with Crippen molar-refractivity contribution in [3.05, 3.63) is 57.4 Å². The van der Waals surface area contributed by atoms with Crippen molar-refractivity contribution >= 4 is 17.3 Å². The van der Waals surface area contributed by atoms with E-state index < -0.39 is 11.2 Å². The van der Waals surface area contributed by atoms with Gasteiger partial charge in [0.05, 0.1) is 0 Å². The molecule has 0 radical (unpaired) electrons. The van der Waals surface area contributed by atoms with Crippen LogP contribution in [0, 0.1) is 0 Å². The number of nitrogen functional groups attached to an aromatic ring is 1. The average molecular weight is 274 g/mol. The summed E-state index contributed by atoms with van der Waals surface area (Å²) in [4.78, 5) is 38.0. The lowest BCUT2D eigenvalue weighted by atomic mass is 10.2. The fraction of sp³-hybridized carbons (Fsp3) is 0.154.